The van der Waals surface area contributed by atoms with Gasteiger partial charge >= 0.3 is 0 Å². The number of pyridine rings is 1. The van der Waals surface area contributed by atoms with Gasteiger partial charge < -0.3 is 9.88 Å². The number of hydrogen-bond donors (Lipinski definition) is 1. The fraction of sp³-hybridized carbons (Fsp3) is 0.158. The van der Waals surface area contributed by atoms with Gasteiger partial charge in [0.15, 0.2) is 0 Å². The van der Waals surface area contributed by atoms with E-state index in [1.807, 2.05) is 37.3 Å². The van der Waals surface area contributed by atoms with Crippen LogP contribution in [0.25, 0.3) is 10.9 Å². The Morgan fingerprint density at radius 3 is 2.62 bits per heavy atom. The van der Waals surface area contributed by atoms with Gasteiger partial charge in [-0.25, -0.2) is 4.39 Å². The Morgan fingerprint density at radius 2 is 1.92 bits per heavy atom. The predicted molar refractivity (Wildman–Crippen MR) is 91.5 cm³/mol. The molecule has 122 valence electrons. The highest BCUT2D eigenvalue weighted by atomic mass is 19.1. The van der Waals surface area contributed by atoms with Crippen LogP contribution in [0.5, 0.6) is 0 Å². The molecule has 2 aromatic carbocycles. The first-order valence-corrected chi connectivity index (χ1v) is 7.75. The standard InChI is InChI=1S/C19H17FN2O2/c1-2-22-12-16(18(23)15-10-14(20)8-9-17(15)22)19(24)21-11-13-6-4-3-5-7-13/h3-10,12H,2,11H2,1H3,(H,21,24). The molecule has 0 radical (unpaired) electrons. The van der Waals surface area contributed by atoms with Crippen LogP contribution in [0.4, 0.5) is 4.39 Å². The summed E-state index contributed by atoms with van der Waals surface area (Å²) in [5, 5.41) is 2.95. The molecule has 3 aromatic rings. The summed E-state index contributed by atoms with van der Waals surface area (Å²) < 4.78 is 15.3. The topological polar surface area (TPSA) is 51.1 Å². The molecular formula is C19H17FN2O2. The van der Waals surface area contributed by atoms with E-state index in [4.69, 9.17) is 0 Å². The number of aromatic nitrogens is 1. The molecule has 4 nitrogen and oxygen atoms in total. The summed E-state index contributed by atoms with van der Waals surface area (Å²) in [5.41, 5.74) is 1.11. The van der Waals surface area contributed by atoms with E-state index in [2.05, 4.69) is 5.32 Å². The van der Waals surface area contributed by atoms with Gasteiger partial charge in [0.1, 0.15) is 11.4 Å². The van der Waals surface area contributed by atoms with Crippen LogP contribution in [0.1, 0.15) is 22.8 Å². The number of benzene rings is 2. The molecule has 0 unspecified atom stereocenters. The minimum Gasteiger partial charge on any atom is -0.348 e. The van der Waals surface area contributed by atoms with Gasteiger partial charge in [0.2, 0.25) is 5.43 Å². The van der Waals surface area contributed by atoms with Crippen LogP contribution < -0.4 is 10.7 Å². The number of amides is 1. The second-order valence-electron chi connectivity index (χ2n) is 5.49. The predicted octanol–water partition coefficient (Wildman–Crippen LogP) is 3.09. The first-order chi connectivity index (χ1) is 11.6. The lowest BCUT2D eigenvalue weighted by Crippen LogP contribution is -2.29. The number of rotatable bonds is 4. The summed E-state index contributed by atoms with van der Waals surface area (Å²) in [4.78, 5) is 25.0. The second-order valence-corrected chi connectivity index (χ2v) is 5.49. The Balaban J connectivity index is 1.98. The van der Waals surface area contributed by atoms with Crippen LogP contribution in [-0.2, 0) is 13.1 Å². The monoisotopic (exact) mass is 324 g/mol. The highest BCUT2D eigenvalue weighted by molar-refractivity contribution is 5.97. The van der Waals surface area contributed by atoms with E-state index in [0.717, 1.165) is 5.56 Å². The summed E-state index contributed by atoms with van der Waals surface area (Å²) in [6.07, 6.45) is 1.53. The van der Waals surface area contributed by atoms with Crippen molar-refractivity contribution in [3.63, 3.8) is 0 Å². The molecule has 1 amide bonds. The fourth-order valence-corrected chi connectivity index (χ4v) is 2.67. The van der Waals surface area contributed by atoms with E-state index in [-0.39, 0.29) is 10.9 Å². The molecule has 0 bridgehead atoms. The zero-order valence-electron chi connectivity index (χ0n) is 13.3. The van der Waals surface area contributed by atoms with E-state index >= 15 is 0 Å². The smallest absolute Gasteiger partial charge is 0.257 e. The van der Waals surface area contributed by atoms with Crippen molar-refractivity contribution < 1.29 is 9.18 Å². The number of hydrogen-bond acceptors (Lipinski definition) is 2. The third kappa shape index (κ3) is 3.06. The molecule has 5 heteroatoms. The van der Waals surface area contributed by atoms with E-state index in [1.165, 1.54) is 18.3 Å². The number of nitrogens with one attached hydrogen (secondary N) is 1. The third-order valence-corrected chi connectivity index (χ3v) is 3.92. The Morgan fingerprint density at radius 1 is 1.17 bits per heavy atom. The molecule has 0 fully saturated rings. The number of carbonyl (C=O) groups is 1. The number of fused-ring (bicyclic) bond motifs is 1. The van der Waals surface area contributed by atoms with Crippen molar-refractivity contribution in [1.29, 1.82) is 0 Å². The zero-order chi connectivity index (χ0) is 17.1. The van der Waals surface area contributed by atoms with Gasteiger partial charge in [-0.3, -0.25) is 9.59 Å². The van der Waals surface area contributed by atoms with Crippen LogP contribution in [0, 0.1) is 5.82 Å². The number of nitrogens with zero attached hydrogens (tertiary/aromatic N) is 1. The van der Waals surface area contributed by atoms with Crippen LogP contribution in [0.3, 0.4) is 0 Å². The second kappa shape index (κ2) is 6.66. The van der Waals surface area contributed by atoms with Crippen LogP contribution in [0.15, 0.2) is 59.5 Å². The molecule has 0 atom stereocenters. The maximum atomic E-state index is 13.5. The average molecular weight is 324 g/mol. The van der Waals surface area contributed by atoms with Gasteiger partial charge in [-0.2, -0.15) is 0 Å². The van der Waals surface area contributed by atoms with Crippen molar-refractivity contribution >= 4 is 16.8 Å². The molecule has 0 spiro atoms. The van der Waals surface area contributed by atoms with E-state index in [9.17, 15) is 14.0 Å². The molecule has 1 heterocycles. The molecule has 1 N–H and O–H groups in total. The lowest BCUT2D eigenvalue weighted by atomic mass is 10.1. The number of aryl methyl sites for hydroxylation is 1. The summed E-state index contributed by atoms with van der Waals surface area (Å²) in [7, 11) is 0. The minimum absolute atomic E-state index is 0.0193. The van der Waals surface area contributed by atoms with Gasteiger partial charge in [0, 0.05) is 24.7 Å². The first kappa shape index (κ1) is 15.9. The molecule has 0 saturated carbocycles. The molecule has 0 aliphatic heterocycles. The lowest BCUT2D eigenvalue weighted by Gasteiger charge is -2.12. The maximum Gasteiger partial charge on any atom is 0.257 e. The van der Waals surface area contributed by atoms with Crippen LogP contribution in [0.2, 0.25) is 0 Å². The molecule has 0 aliphatic carbocycles. The van der Waals surface area contributed by atoms with Crippen molar-refractivity contribution in [2.45, 2.75) is 20.0 Å². The largest absolute Gasteiger partial charge is 0.348 e. The van der Waals surface area contributed by atoms with Gasteiger partial charge in [-0.1, -0.05) is 30.3 Å². The lowest BCUT2D eigenvalue weighted by molar-refractivity contribution is 0.0949. The van der Waals surface area contributed by atoms with E-state index in [1.54, 1.807) is 10.6 Å². The summed E-state index contributed by atoms with van der Waals surface area (Å²) in [5.74, 6) is -0.957. The SMILES string of the molecule is CCn1cc(C(=O)NCc2ccccc2)c(=O)c2cc(F)ccc21. The van der Waals surface area contributed by atoms with Crippen molar-refractivity contribution in [3.8, 4) is 0 Å². The summed E-state index contributed by atoms with van der Waals surface area (Å²) >= 11 is 0. The molecule has 0 aliphatic rings. The van der Waals surface area contributed by atoms with Gasteiger partial charge in [-0.05, 0) is 30.7 Å². The summed E-state index contributed by atoms with van der Waals surface area (Å²) in [6, 6.07) is 13.5. The zero-order valence-corrected chi connectivity index (χ0v) is 13.3. The molecule has 3 rings (SSSR count). The van der Waals surface area contributed by atoms with Gasteiger partial charge in [0.25, 0.3) is 5.91 Å². The Hall–Kier alpha value is -2.95. The van der Waals surface area contributed by atoms with Crippen molar-refractivity contribution in [2.24, 2.45) is 0 Å². The number of halogens is 1. The van der Waals surface area contributed by atoms with Gasteiger partial charge in [0.05, 0.1) is 5.52 Å². The van der Waals surface area contributed by atoms with Crippen molar-refractivity contribution in [2.75, 3.05) is 0 Å². The average Bonchev–Trinajstić information content (AvgIpc) is 2.61. The van der Waals surface area contributed by atoms with Gasteiger partial charge in [-0.15, -0.1) is 0 Å². The third-order valence-electron chi connectivity index (χ3n) is 3.92. The molecule has 24 heavy (non-hydrogen) atoms. The molecule has 0 saturated heterocycles. The summed E-state index contributed by atoms with van der Waals surface area (Å²) in [6.45, 7) is 2.80. The van der Waals surface area contributed by atoms with E-state index in [0.29, 0.717) is 18.6 Å². The highest BCUT2D eigenvalue weighted by Gasteiger charge is 2.15. The van der Waals surface area contributed by atoms with Crippen LogP contribution >= 0.6 is 0 Å². The number of carbonyl (C=O) groups excluding carboxylic acids is 1. The fourth-order valence-electron chi connectivity index (χ4n) is 2.67. The Kier molecular flexibility index (Phi) is 4.42. The van der Waals surface area contributed by atoms with E-state index < -0.39 is 17.2 Å². The van der Waals surface area contributed by atoms with Crippen LogP contribution in [-0.4, -0.2) is 10.5 Å². The normalized spacial score (nSPS) is 10.8. The highest BCUT2D eigenvalue weighted by Crippen LogP contribution is 2.14. The Bertz CT molecular complexity index is 949. The first-order valence-electron chi connectivity index (χ1n) is 7.75. The quantitative estimate of drug-likeness (QED) is 0.802. The maximum absolute atomic E-state index is 13.5. The molecular weight excluding hydrogens is 307 g/mol. The minimum atomic E-state index is -0.496. The van der Waals surface area contributed by atoms with Crippen molar-refractivity contribution in [3.05, 3.63) is 81.9 Å². The Labute approximate surface area is 138 Å². The van der Waals surface area contributed by atoms with Crippen molar-refractivity contribution in [1.82, 2.24) is 9.88 Å². The molecule has 1 aromatic heterocycles.